The Labute approximate surface area is 83.2 Å². The molecule has 5 nitrogen and oxygen atoms in total. The monoisotopic (exact) mass is 221 g/mol. The summed E-state index contributed by atoms with van der Waals surface area (Å²) in [4.78, 5) is 19.5. The summed E-state index contributed by atoms with van der Waals surface area (Å²) in [6, 6.07) is 0. The minimum absolute atomic E-state index is 0.163. The third kappa shape index (κ3) is 3.40. The van der Waals surface area contributed by atoms with E-state index in [2.05, 4.69) is 4.52 Å². The number of carbonyl (C=O) groups excluding carboxylic acids is 1. The van der Waals surface area contributed by atoms with E-state index in [1.165, 1.54) is 6.42 Å². The largest absolute Gasteiger partial charge is 0.415 e. The maximum atomic E-state index is 11.0. The van der Waals surface area contributed by atoms with E-state index in [0.717, 1.165) is 25.7 Å². The van der Waals surface area contributed by atoms with Gasteiger partial charge in [-0.1, -0.05) is 19.3 Å². The molecule has 1 atom stereocenters. The third-order valence-electron chi connectivity index (χ3n) is 2.49. The normalized spacial score (nSPS) is 22.9. The van der Waals surface area contributed by atoms with E-state index in [9.17, 15) is 9.36 Å². The smallest absolute Gasteiger partial charge is 0.359 e. The van der Waals surface area contributed by atoms with Crippen LogP contribution in [0.4, 0.5) is 4.79 Å². The van der Waals surface area contributed by atoms with Crippen LogP contribution >= 0.6 is 7.60 Å². The van der Waals surface area contributed by atoms with Crippen molar-refractivity contribution in [3.63, 3.8) is 0 Å². The molecule has 1 amide bonds. The van der Waals surface area contributed by atoms with Crippen molar-refractivity contribution in [1.82, 2.24) is 0 Å². The molecule has 14 heavy (non-hydrogen) atoms. The fraction of sp³-hybridized carbons (Fsp3) is 0.875. The molecule has 0 spiro atoms. The van der Waals surface area contributed by atoms with Crippen LogP contribution in [0, 0.1) is 5.92 Å². The second-order valence-corrected chi connectivity index (χ2v) is 5.40. The summed E-state index contributed by atoms with van der Waals surface area (Å²) in [7, 11) is -4.19. The molecule has 0 aliphatic heterocycles. The molecule has 1 fully saturated rings. The molecule has 0 aromatic rings. The maximum Gasteiger partial charge on any atom is 0.415 e. The lowest BCUT2D eigenvalue weighted by molar-refractivity contribution is 0.185. The molecule has 1 rings (SSSR count). The average Bonchev–Trinajstić information content (AvgIpc) is 2.16. The SMILES string of the molecule is NC(=O)P(=O)(O)OCC1CCCCC1. The molecule has 1 aliphatic carbocycles. The van der Waals surface area contributed by atoms with Gasteiger partial charge in [-0.2, -0.15) is 0 Å². The Bertz CT molecular complexity index is 250. The standard InChI is InChI=1S/C8H16NO4P/c9-8(10)14(11,12)13-6-7-4-2-1-3-5-7/h7H,1-6H2,(H2,9,10)(H,11,12). The van der Waals surface area contributed by atoms with Gasteiger partial charge in [0.25, 0.3) is 0 Å². The van der Waals surface area contributed by atoms with E-state index in [1.807, 2.05) is 0 Å². The summed E-state index contributed by atoms with van der Waals surface area (Å²) >= 11 is 0. The number of hydrogen-bond acceptors (Lipinski definition) is 3. The summed E-state index contributed by atoms with van der Waals surface area (Å²) in [6.07, 6.45) is 5.46. The number of hydrogen-bond donors (Lipinski definition) is 2. The second-order valence-electron chi connectivity index (χ2n) is 3.66. The Balaban J connectivity index is 2.32. The first kappa shape index (κ1) is 11.7. The zero-order chi connectivity index (χ0) is 10.6. The summed E-state index contributed by atoms with van der Waals surface area (Å²) in [5.74, 6) is 0.295. The predicted octanol–water partition coefficient (Wildman–Crippen LogP) is 1.85. The van der Waals surface area contributed by atoms with Crippen molar-refractivity contribution in [2.75, 3.05) is 6.61 Å². The van der Waals surface area contributed by atoms with Gasteiger partial charge in [-0.25, -0.2) is 4.57 Å². The molecule has 0 aromatic carbocycles. The van der Waals surface area contributed by atoms with Gasteiger partial charge in [-0.3, -0.25) is 4.79 Å². The van der Waals surface area contributed by atoms with Crippen molar-refractivity contribution in [2.24, 2.45) is 11.7 Å². The lowest BCUT2D eigenvalue weighted by atomic mass is 9.90. The Morgan fingerprint density at radius 2 is 2.00 bits per heavy atom. The fourth-order valence-corrected chi connectivity index (χ4v) is 2.16. The van der Waals surface area contributed by atoms with Crippen LogP contribution in [0.1, 0.15) is 32.1 Å². The van der Waals surface area contributed by atoms with E-state index >= 15 is 0 Å². The van der Waals surface area contributed by atoms with Gasteiger partial charge in [0.05, 0.1) is 6.61 Å². The lowest BCUT2D eigenvalue weighted by Crippen LogP contribution is -2.16. The van der Waals surface area contributed by atoms with Crippen LogP contribution in [0.2, 0.25) is 0 Å². The van der Waals surface area contributed by atoms with E-state index < -0.39 is 13.2 Å². The van der Waals surface area contributed by atoms with Gasteiger partial charge >= 0.3 is 13.2 Å². The van der Waals surface area contributed by atoms with Gasteiger partial charge in [-0.05, 0) is 18.8 Å². The molecular weight excluding hydrogens is 205 g/mol. The predicted molar refractivity (Wildman–Crippen MR) is 51.9 cm³/mol. The van der Waals surface area contributed by atoms with Crippen LogP contribution in [0.5, 0.6) is 0 Å². The molecule has 0 radical (unpaired) electrons. The highest BCUT2D eigenvalue weighted by Crippen LogP contribution is 2.42. The van der Waals surface area contributed by atoms with E-state index in [-0.39, 0.29) is 6.61 Å². The summed E-state index contributed by atoms with van der Waals surface area (Å²) in [5.41, 5.74) is 3.44. The van der Waals surface area contributed by atoms with Gasteiger partial charge in [0, 0.05) is 0 Å². The van der Waals surface area contributed by atoms with Crippen molar-refractivity contribution in [3.8, 4) is 0 Å². The molecule has 3 N–H and O–H groups in total. The van der Waals surface area contributed by atoms with E-state index in [1.54, 1.807) is 0 Å². The Morgan fingerprint density at radius 1 is 1.43 bits per heavy atom. The van der Waals surface area contributed by atoms with Crippen LogP contribution < -0.4 is 5.73 Å². The molecule has 0 heterocycles. The van der Waals surface area contributed by atoms with Crippen LogP contribution in [-0.2, 0) is 9.09 Å². The molecule has 6 heteroatoms. The second kappa shape index (κ2) is 4.91. The van der Waals surface area contributed by atoms with Gasteiger partial charge in [0.15, 0.2) is 0 Å². The molecular formula is C8H16NO4P. The average molecular weight is 221 g/mol. The molecule has 0 aromatic heterocycles. The molecule has 82 valence electrons. The molecule has 1 unspecified atom stereocenters. The number of primary amides is 1. The number of nitrogens with two attached hydrogens (primary N) is 1. The topological polar surface area (TPSA) is 89.6 Å². The van der Waals surface area contributed by atoms with Crippen molar-refractivity contribution >= 4 is 13.2 Å². The van der Waals surface area contributed by atoms with Crippen molar-refractivity contribution < 1.29 is 18.8 Å². The summed E-state index contributed by atoms with van der Waals surface area (Å²) in [6.45, 7) is 0.163. The number of rotatable bonds is 4. The minimum atomic E-state index is -4.19. The van der Waals surface area contributed by atoms with Crippen LogP contribution in [0.3, 0.4) is 0 Å². The quantitative estimate of drug-likeness (QED) is 0.709. The maximum absolute atomic E-state index is 11.0. The fourth-order valence-electron chi connectivity index (χ4n) is 1.62. The van der Waals surface area contributed by atoms with Crippen LogP contribution in [0.15, 0.2) is 0 Å². The third-order valence-corrected chi connectivity index (χ3v) is 3.54. The first-order valence-electron chi connectivity index (χ1n) is 4.79. The first-order valence-corrected chi connectivity index (χ1v) is 6.37. The highest BCUT2D eigenvalue weighted by atomic mass is 31.2. The number of carbonyl (C=O) groups is 1. The van der Waals surface area contributed by atoms with Crippen molar-refractivity contribution in [3.05, 3.63) is 0 Å². The molecule has 1 saturated carbocycles. The molecule has 0 saturated heterocycles. The zero-order valence-electron chi connectivity index (χ0n) is 8.02. The van der Waals surface area contributed by atoms with Crippen LogP contribution in [0.25, 0.3) is 0 Å². The molecule has 1 aliphatic rings. The molecule has 0 bridgehead atoms. The highest BCUT2D eigenvalue weighted by Gasteiger charge is 2.29. The number of amides is 1. The highest BCUT2D eigenvalue weighted by molar-refractivity contribution is 7.70. The van der Waals surface area contributed by atoms with Crippen LogP contribution in [-0.4, -0.2) is 17.1 Å². The van der Waals surface area contributed by atoms with Crippen molar-refractivity contribution in [1.29, 1.82) is 0 Å². The van der Waals surface area contributed by atoms with Gasteiger partial charge < -0.3 is 15.2 Å². The van der Waals surface area contributed by atoms with E-state index in [0.29, 0.717) is 5.92 Å². The Morgan fingerprint density at radius 3 is 2.50 bits per heavy atom. The Kier molecular flexibility index (Phi) is 4.11. The van der Waals surface area contributed by atoms with Gasteiger partial charge in [0.1, 0.15) is 0 Å². The summed E-state index contributed by atoms with van der Waals surface area (Å²) in [5, 5.41) is 0. The summed E-state index contributed by atoms with van der Waals surface area (Å²) < 4.78 is 15.7. The van der Waals surface area contributed by atoms with E-state index in [4.69, 9.17) is 10.6 Å². The van der Waals surface area contributed by atoms with Crippen molar-refractivity contribution in [2.45, 2.75) is 32.1 Å². The lowest BCUT2D eigenvalue weighted by Gasteiger charge is -2.21. The first-order chi connectivity index (χ1) is 6.52. The van der Waals surface area contributed by atoms with Gasteiger partial charge in [-0.15, -0.1) is 0 Å². The zero-order valence-corrected chi connectivity index (χ0v) is 8.91. The van der Waals surface area contributed by atoms with Gasteiger partial charge in [0.2, 0.25) is 0 Å². The Hall–Kier alpha value is -0.380. The minimum Gasteiger partial charge on any atom is -0.359 e.